The molecule has 0 aromatic heterocycles. The number of rotatable bonds is 5. The van der Waals surface area contributed by atoms with E-state index in [1.807, 2.05) is 6.92 Å². The van der Waals surface area contributed by atoms with Crippen molar-refractivity contribution in [2.75, 3.05) is 14.2 Å². The summed E-state index contributed by atoms with van der Waals surface area (Å²) in [5.41, 5.74) is 0. The van der Waals surface area contributed by atoms with E-state index in [0.29, 0.717) is 15.4 Å². The van der Waals surface area contributed by atoms with Gasteiger partial charge in [-0.3, -0.25) is 0 Å². The zero-order chi connectivity index (χ0) is 15.1. The first kappa shape index (κ1) is 16.1. The normalized spacial score (nSPS) is 17.3. The Bertz CT molecular complexity index is 616. The van der Waals surface area contributed by atoms with Gasteiger partial charge in [0.1, 0.15) is 4.90 Å². The van der Waals surface area contributed by atoms with E-state index in [-0.39, 0.29) is 16.7 Å². The van der Waals surface area contributed by atoms with Crippen molar-refractivity contribution in [2.24, 2.45) is 5.92 Å². The highest BCUT2D eigenvalue weighted by Gasteiger charge is 2.37. The van der Waals surface area contributed by atoms with Crippen molar-refractivity contribution in [3.8, 4) is 5.75 Å². The first-order valence-corrected chi connectivity index (χ1v) is 8.91. The highest BCUT2D eigenvalue weighted by atomic mass is 79.9. The van der Waals surface area contributed by atoms with Crippen molar-refractivity contribution in [2.45, 2.75) is 30.7 Å². The third-order valence-electron chi connectivity index (χ3n) is 3.71. The zero-order valence-corrected chi connectivity index (χ0v) is 14.7. The number of sulfonamides is 1. The molecule has 1 fully saturated rings. The molecule has 1 atom stereocenters. The number of hydrogen-bond acceptors (Lipinski definition) is 3. The summed E-state index contributed by atoms with van der Waals surface area (Å²) in [6.07, 6.45) is 2.16. The first-order chi connectivity index (χ1) is 9.28. The van der Waals surface area contributed by atoms with Gasteiger partial charge in [0, 0.05) is 18.1 Å². The number of hydrogen-bond donors (Lipinski definition) is 0. The molecule has 0 N–H and O–H groups in total. The van der Waals surface area contributed by atoms with Crippen molar-refractivity contribution in [1.82, 2.24) is 4.31 Å². The molecule has 1 unspecified atom stereocenters. The quantitative estimate of drug-likeness (QED) is 0.782. The van der Waals surface area contributed by atoms with E-state index in [1.54, 1.807) is 13.1 Å². The molecule has 20 heavy (non-hydrogen) atoms. The van der Waals surface area contributed by atoms with Crippen molar-refractivity contribution in [3.05, 3.63) is 21.6 Å². The van der Waals surface area contributed by atoms with Crippen LogP contribution in [0, 0.1) is 5.92 Å². The summed E-state index contributed by atoms with van der Waals surface area (Å²) in [5.74, 6) is 0.729. The van der Waals surface area contributed by atoms with Gasteiger partial charge < -0.3 is 4.74 Å². The standard InChI is InChI=1S/C13H17BrClNO3S/c1-8(9-4-5-9)16(2)20(17,18)12-7-10(15)6-11(14)13(12)19-3/h6-9H,4-5H2,1-3H3. The fourth-order valence-electron chi connectivity index (χ4n) is 2.18. The molecule has 1 aliphatic rings. The molecule has 4 nitrogen and oxygen atoms in total. The smallest absolute Gasteiger partial charge is 0.246 e. The van der Waals surface area contributed by atoms with Crippen LogP contribution in [0.3, 0.4) is 0 Å². The number of nitrogens with zero attached hydrogens (tertiary/aromatic N) is 1. The maximum Gasteiger partial charge on any atom is 0.246 e. The van der Waals surface area contributed by atoms with Crippen LogP contribution in [0.25, 0.3) is 0 Å². The number of benzene rings is 1. The van der Waals surface area contributed by atoms with Gasteiger partial charge in [-0.25, -0.2) is 8.42 Å². The Balaban J connectivity index is 2.48. The van der Waals surface area contributed by atoms with E-state index in [1.165, 1.54) is 17.5 Å². The second-order valence-electron chi connectivity index (χ2n) is 5.02. The van der Waals surface area contributed by atoms with Crippen LogP contribution in [0.15, 0.2) is 21.5 Å². The highest BCUT2D eigenvalue weighted by molar-refractivity contribution is 9.10. The Labute approximate surface area is 133 Å². The van der Waals surface area contributed by atoms with E-state index in [4.69, 9.17) is 16.3 Å². The van der Waals surface area contributed by atoms with E-state index < -0.39 is 10.0 Å². The average molecular weight is 383 g/mol. The Hall–Kier alpha value is -0.300. The monoisotopic (exact) mass is 381 g/mol. The van der Waals surface area contributed by atoms with Crippen LogP contribution < -0.4 is 4.74 Å². The van der Waals surface area contributed by atoms with Crippen molar-refractivity contribution in [3.63, 3.8) is 0 Å². The summed E-state index contributed by atoms with van der Waals surface area (Å²) in [6, 6.07) is 3.02. The van der Waals surface area contributed by atoms with Gasteiger partial charge in [0.25, 0.3) is 0 Å². The van der Waals surface area contributed by atoms with Gasteiger partial charge in [0.2, 0.25) is 10.0 Å². The van der Waals surface area contributed by atoms with Crippen LogP contribution in [0.1, 0.15) is 19.8 Å². The van der Waals surface area contributed by atoms with Gasteiger partial charge in [-0.15, -0.1) is 0 Å². The maximum atomic E-state index is 12.8. The van der Waals surface area contributed by atoms with E-state index in [9.17, 15) is 8.42 Å². The molecule has 1 aliphatic carbocycles. The van der Waals surface area contributed by atoms with Crippen LogP contribution in [-0.4, -0.2) is 32.9 Å². The molecule has 0 saturated heterocycles. The maximum absolute atomic E-state index is 12.8. The summed E-state index contributed by atoms with van der Waals surface area (Å²) in [6.45, 7) is 1.93. The van der Waals surface area contributed by atoms with Crippen LogP contribution >= 0.6 is 27.5 Å². The van der Waals surface area contributed by atoms with Crippen molar-refractivity contribution in [1.29, 1.82) is 0 Å². The minimum atomic E-state index is -3.64. The lowest BCUT2D eigenvalue weighted by Gasteiger charge is -2.25. The second kappa shape index (κ2) is 5.83. The average Bonchev–Trinajstić information content (AvgIpc) is 3.20. The van der Waals surface area contributed by atoms with Crippen LogP contribution in [0.2, 0.25) is 5.02 Å². The fraction of sp³-hybridized carbons (Fsp3) is 0.538. The predicted octanol–water partition coefficient (Wildman–Crippen LogP) is 3.53. The van der Waals surface area contributed by atoms with Crippen LogP contribution in [-0.2, 0) is 10.0 Å². The Kier molecular flexibility index (Phi) is 4.69. The summed E-state index contributed by atoms with van der Waals surface area (Å²) < 4.78 is 32.7. The molecule has 0 spiro atoms. The molecule has 7 heteroatoms. The molecule has 1 aromatic rings. The lowest BCUT2D eigenvalue weighted by Crippen LogP contribution is -2.36. The third-order valence-corrected chi connectivity index (χ3v) is 6.47. The van der Waals surface area contributed by atoms with E-state index >= 15 is 0 Å². The lowest BCUT2D eigenvalue weighted by atomic mass is 10.2. The minimum absolute atomic E-state index is 0.0255. The lowest BCUT2D eigenvalue weighted by molar-refractivity contribution is 0.351. The highest BCUT2D eigenvalue weighted by Crippen LogP contribution is 2.40. The largest absolute Gasteiger partial charge is 0.494 e. The zero-order valence-electron chi connectivity index (χ0n) is 11.6. The van der Waals surface area contributed by atoms with Gasteiger partial charge in [0.15, 0.2) is 5.75 Å². The molecule has 2 rings (SSSR count). The van der Waals surface area contributed by atoms with Gasteiger partial charge in [0.05, 0.1) is 11.6 Å². The fourth-order valence-corrected chi connectivity index (χ4v) is 4.97. The Morgan fingerprint density at radius 3 is 2.55 bits per heavy atom. The summed E-state index contributed by atoms with van der Waals surface area (Å²) in [5, 5.41) is 0.351. The molecule has 0 amide bonds. The molecular formula is C13H17BrClNO3S. The summed E-state index contributed by atoms with van der Waals surface area (Å²) >= 11 is 9.26. The van der Waals surface area contributed by atoms with Crippen LogP contribution in [0.5, 0.6) is 5.75 Å². The SMILES string of the molecule is COc1c(Br)cc(Cl)cc1S(=O)(=O)N(C)C(C)C1CC1. The van der Waals surface area contributed by atoms with Gasteiger partial charge in [-0.1, -0.05) is 11.6 Å². The summed E-state index contributed by atoms with van der Waals surface area (Å²) in [4.78, 5) is 0.0920. The molecule has 0 bridgehead atoms. The van der Waals surface area contributed by atoms with Crippen LogP contribution in [0.4, 0.5) is 0 Å². The molecule has 0 heterocycles. The molecule has 0 aliphatic heterocycles. The molecular weight excluding hydrogens is 366 g/mol. The molecule has 1 aromatic carbocycles. The number of methoxy groups -OCH3 is 1. The van der Waals surface area contributed by atoms with E-state index in [2.05, 4.69) is 15.9 Å². The minimum Gasteiger partial charge on any atom is -0.494 e. The van der Waals surface area contributed by atoms with Crippen molar-refractivity contribution >= 4 is 37.6 Å². The Morgan fingerprint density at radius 1 is 1.45 bits per heavy atom. The predicted molar refractivity (Wildman–Crippen MR) is 82.8 cm³/mol. The number of halogens is 2. The Morgan fingerprint density at radius 2 is 2.05 bits per heavy atom. The molecule has 1 saturated carbocycles. The molecule has 112 valence electrons. The first-order valence-electron chi connectivity index (χ1n) is 6.30. The topological polar surface area (TPSA) is 46.6 Å². The van der Waals surface area contributed by atoms with Gasteiger partial charge in [-0.05, 0) is 53.7 Å². The van der Waals surface area contributed by atoms with E-state index in [0.717, 1.165) is 12.8 Å². The second-order valence-corrected chi connectivity index (χ2v) is 8.27. The number of ether oxygens (including phenoxy) is 1. The molecule has 0 radical (unpaired) electrons. The van der Waals surface area contributed by atoms with Gasteiger partial charge >= 0.3 is 0 Å². The van der Waals surface area contributed by atoms with Crippen molar-refractivity contribution < 1.29 is 13.2 Å². The third kappa shape index (κ3) is 2.98. The summed E-state index contributed by atoms with van der Waals surface area (Å²) in [7, 11) is -0.592. The van der Waals surface area contributed by atoms with Gasteiger partial charge in [-0.2, -0.15) is 4.31 Å².